The van der Waals surface area contributed by atoms with Gasteiger partial charge in [-0.1, -0.05) is 24.3 Å². The summed E-state index contributed by atoms with van der Waals surface area (Å²) in [6.45, 7) is 3.05. The maximum Gasteiger partial charge on any atom is 0.168 e. The molecular formula is C13H15NO. The van der Waals surface area contributed by atoms with E-state index in [1.165, 1.54) is 6.42 Å². The van der Waals surface area contributed by atoms with Crippen molar-refractivity contribution in [3.05, 3.63) is 35.4 Å². The third kappa shape index (κ3) is 1.25. The Morgan fingerprint density at radius 2 is 2.20 bits per heavy atom. The summed E-state index contributed by atoms with van der Waals surface area (Å²) in [5.74, 6) is 1.20. The molecule has 2 heterocycles. The summed E-state index contributed by atoms with van der Waals surface area (Å²) in [6, 6.07) is 8.37. The zero-order chi connectivity index (χ0) is 10.4. The summed E-state index contributed by atoms with van der Waals surface area (Å²) in [4.78, 5) is 12.3. The first-order chi connectivity index (χ1) is 7.27. The van der Waals surface area contributed by atoms with E-state index in [2.05, 4.69) is 5.32 Å². The Kier molecular flexibility index (Phi) is 1.93. The lowest BCUT2D eigenvalue weighted by atomic mass is 9.70. The quantitative estimate of drug-likeness (QED) is 0.739. The Balaban J connectivity index is 1.89. The highest BCUT2D eigenvalue weighted by Crippen LogP contribution is 2.42. The van der Waals surface area contributed by atoms with E-state index in [4.69, 9.17) is 0 Å². The molecule has 1 aromatic rings. The van der Waals surface area contributed by atoms with E-state index in [0.717, 1.165) is 17.7 Å². The normalized spacial score (nSPS) is 32.5. The van der Waals surface area contributed by atoms with Gasteiger partial charge in [-0.25, -0.2) is 0 Å². The molecule has 1 saturated carbocycles. The van der Waals surface area contributed by atoms with Gasteiger partial charge in [0.2, 0.25) is 0 Å². The Bertz CT molecular complexity index is 399. The molecule has 3 unspecified atom stereocenters. The lowest BCUT2D eigenvalue weighted by Crippen LogP contribution is -2.42. The molecule has 3 aliphatic rings. The van der Waals surface area contributed by atoms with Crippen molar-refractivity contribution in [3.63, 3.8) is 0 Å². The van der Waals surface area contributed by atoms with Gasteiger partial charge in [0.05, 0.1) is 0 Å². The van der Waals surface area contributed by atoms with Crippen molar-refractivity contribution >= 4 is 5.78 Å². The van der Waals surface area contributed by atoms with Crippen LogP contribution in [-0.4, -0.2) is 18.4 Å². The molecule has 2 bridgehead atoms. The van der Waals surface area contributed by atoms with Crippen molar-refractivity contribution in [2.24, 2.45) is 11.8 Å². The van der Waals surface area contributed by atoms with Gasteiger partial charge in [-0.2, -0.15) is 0 Å². The highest BCUT2D eigenvalue weighted by atomic mass is 16.1. The number of rotatable bonds is 2. The average molecular weight is 201 g/mol. The van der Waals surface area contributed by atoms with E-state index in [1.807, 2.05) is 31.2 Å². The highest BCUT2D eigenvalue weighted by Gasteiger charge is 2.50. The van der Waals surface area contributed by atoms with Crippen LogP contribution in [0.1, 0.15) is 22.3 Å². The van der Waals surface area contributed by atoms with Gasteiger partial charge in [-0.3, -0.25) is 4.79 Å². The van der Waals surface area contributed by atoms with E-state index < -0.39 is 0 Å². The van der Waals surface area contributed by atoms with Gasteiger partial charge < -0.3 is 5.32 Å². The lowest BCUT2D eigenvalue weighted by Gasteiger charge is -2.33. The number of carbonyl (C=O) groups excluding carboxylic acids is 1. The van der Waals surface area contributed by atoms with Gasteiger partial charge in [0.25, 0.3) is 0 Å². The van der Waals surface area contributed by atoms with Crippen LogP contribution in [0.25, 0.3) is 0 Å². The number of hydrogen-bond acceptors (Lipinski definition) is 2. The number of hydrogen-bond donors (Lipinski definition) is 1. The number of fused-ring (bicyclic) bond motifs is 1. The Morgan fingerprint density at radius 3 is 2.80 bits per heavy atom. The summed E-state index contributed by atoms with van der Waals surface area (Å²) in [5.41, 5.74) is 2.02. The van der Waals surface area contributed by atoms with Gasteiger partial charge >= 0.3 is 0 Å². The molecule has 1 aromatic carbocycles. The molecule has 0 radical (unpaired) electrons. The van der Waals surface area contributed by atoms with Crippen LogP contribution in [0.3, 0.4) is 0 Å². The van der Waals surface area contributed by atoms with Gasteiger partial charge in [-0.05, 0) is 31.4 Å². The fourth-order valence-electron chi connectivity index (χ4n) is 2.90. The van der Waals surface area contributed by atoms with Crippen LogP contribution in [0, 0.1) is 18.8 Å². The molecule has 0 amide bonds. The molecule has 15 heavy (non-hydrogen) atoms. The first-order valence-corrected chi connectivity index (χ1v) is 5.60. The van der Waals surface area contributed by atoms with Crippen LogP contribution in [0.2, 0.25) is 0 Å². The average Bonchev–Trinajstić information content (AvgIpc) is 2.79. The standard InChI is InChI=1S/C13H15NO/c1-8-4-2-3-5-10(8)13(15)12-9-6-11(12)14-7-9/h2-5,9,11-12,14H,6-7H2,1H3. The third-order valence-electron chi connectivity index (χ3n) is 3.85. The van der Waals surface area contributed by atoms with E-state index >= 15 is 0 Å². The zero-order valence-corrected chi connectivity index (χ0v) is 8.86. The van der Waals surface area contributed by atoms with Crippen LogP contribution in [0.4, 0.5) is 0 Å². The summed E-state index contributed by atoms with van der Waals surface area (Å²) >= 11 is 0. The van der Waals surface area contributed by atoms with Gasteiger partial charge in [-0.15, -0.1) is 0 Å². The molecule has 2 nitrogen and oxygen atoms in total. The largest absolute Gasteiger partial charge is 0.313 e. The zero-order valence-electron chi connectivity index (χ0n) is 8.86. The molecule has 1 N–H and O–H groups in total. The third-order valence-corrected chi connectivity index (χ3v) is 3.85. The molecule has 3 atom stereocenters. The van der Waals surface area contributed by atoms with Crippen molar-refractivity contribution in [1.29, 1.82) is 0 Å². The van der Waals surface area contributed by atoms with Crippen LogP contribution in [-0.2, 0) is 0 Å². The molecule has 0 spiro atoms. The Morgan fingerprint density at radius 1 is 1.40 bits per heavy atom. The highest BCUT2D eigenvalue weighted by molar-refractivity contribution is 6.00. The molecular weight excluding hydrogens is 186 g/mol. The van der Waals surface area contributed by atoms with E-state index in [0.29, 0.717) is 17.7 Å². The monoisotopic (exact) mass is 201 g/mol. The minimum atomic E-state index is 0.256. The smallest absolute Gasteiger partial charge is 0.168 e. The fourth-order valence-corrected chi connectivity index (χ4v) is 2.90. The number of ketones is 1. The van der Waals surface area contributed by atoms with Crippen LogP contribution >= 0.6 is 0 Å². The Hall–Kier alpha value is -1.15. The maximum atomic E-state index is 12.3. The maximum absolute atomic E-state index is 12.3. The molecule has 2 saturated heterocycles. The van der Waals surface area contributed by atoms with Crippen LogP contribution in [0.15, 0.2) is 24.3 Å². The second-order valence-electron chi connectivity index (χ2n) is 4.72. The minimum absolute atomic E-state index is 0.256. The van der Waals surface area contributed by atoms with Crippen molar-refractivity contribution in [1.82, 2.24) is 5.32 Å². The topological polar surface area (TPSA) is 29.1 Å². The number of aryl methyl sites for hydroxylation is 1. The number of Topliss-reactive ketones (excluding diaryl/α,β-unsaturated/α-hetero) is 1. The number of benzene rings is 1. The van der Waals surface area contributed by atoms with Crippen molar-refractivity contribution in [3.8, 4) is 0 Å². The Labute approximate surface area is 89.7 Å². The van der Waals surface area contributed by atoms with Crippen LogP contribution in [0.5, 0.6) is 0 Å². The summed E-state index contributed by atoms with van der Waals surface area (Å²) < 4.78 is 0. The first-order valence-electron chi connectivity index (χ1n) is 5.60. The second-order valence-corrected chi connectivity index (χ2v) is 4.72. The predicted octanol–water partition coefficient (Wildman–Crippen LogP) is 1.79. The summed E-state index contributed by atoms with van der Waals surface area (Å²) in [5, 5.41) is 3.39. The first kappa shape index (κ1) is 9.10. The molecule has 1 aliphatic carbocycles. The molecule has 0 aromatic heterocycles. The molecule has 2 aliphatic heterocycles. The fraction of sp³-hybridized carbons (Fsp3) is 0.462. The number of carbonyl (C=O) groups is 1. The lowest BCUT2D eigenvalue weighted by molar-refractivity contribution is 0.0784. The molecule has 3 fully saturated rings. The predicted molar refractivity (Wildman–Crippen MR) is 58.9 cm³/mol. The summed E-state index contributed by atoms with van der Waals surface area (Å²) in [7, 11) is 0. The van der Waals surface area contributed by atoms with E-state index in [-0.39, 0.29) is 5.92 Å². The van der Waals surface area contributed by atoms with Crippen LogP contribution < -0.4 is 5.32 Å². The SMILES string of the molecule is Cc1ccccc1C(=O)C1C2CNC1C2. The van der Waals surface area contributed by atoms with Crippen molar-refractivity contribution in [2.45, 2.75) is 19.4 Å². The molecule has 78 valence electrons. The van der Waals surface area contributed by atoms with Crippen molar-refractivity contribution < 1.29 is 4.79 Å². The number of nitrogens with one attached hydrogen (secondary N) is 1. The van der Waals surface area contributed by atoms with E-state index in [1.54, 1.807) is 0 Å². The van der Waals surface area contributed by atoms with Gasteiger partial charge in [0.1, 0.15) is 0 Å². The van der Waals surface area contributed by atoms with E-state index in [9.17, 15) is 4.79 Å². The van der Waals surface area contributed by atoms with Crippen molar-refractivity contribution in [2.75, 3.05) is 6.54 Å². The second kappa shape index (κ2) is 3.17. The molecule has 2 heteroatoms. The van der Waals surface area contributed by atoms with Gasteiger partial charge in [0.15, 0.2) is 5.78 Å². The molecule has 4 rings (SSSR count). The van der Waals surface area contributed by atoms with Gasteiger partial charge in [0, 0.05) is 17.5 Å². The summed E-state index contributed by atoms with van der Waals surface area (Å²) in [6.07, 6.45) is 1.20. The minimum Gasteiger partial charge on any atom is -0.313 e.